The van der Waals surface area contributed by atoms with E-state index < -0.39 is 11.6 Å². The van der Waals surface area contributed by atoms with Crippen LogP contribution in [0.2, 0.25) is 0 Å². The van der Waals surface area contributed by atoms with E-state index in [1.165, 1.54) is 0 Å². The van der Waals surface area contributed by atoms with Crippen LogP contribution in [-0.2, 0) is 4.65 Å². The molecule has 0 rings (SSSR count). The van der Waals surface area contributed by atoms with Gasteiger partial charge in [0.2, 0.25) is 5.79 Å². The topological polar surface area (TPSA) is 49.7 Å². The van der Waals surface area contributed by atoms with Gasteiger partial charge in [-0.2, -0.15) is 0 Å². The van der Waals surface area contributed by atoms with Gasteiger partial charge in [0.15, 0.2) is 5.83 Å². The second-order valence-electron chi connectivity index (χ2n) is 1.61. The highest BCUT2D eigenvalue weighted by atomic mass is 19.1. The molecule has 5 heteroatoms. The van der Waals surface area contributed by atoms with E-state index in [0.29, 0.717) is 0 Å². The van der Waals surface area contributed by atoms with Crippen LogP contribution in [-0.4, -0.2) is 23.6 Å². The third-order valence-corrected chi connectivity index (χ3v) is 0.786. The van der Waals surface area contributed by atoms with Crippen molar-refractivity contribution in [3.63, 3.8) is 0 Å². The summed E-state index contributed by atoms with van der Waals surface area (Å²) in [4.78, 5) is 0. The Morgan fingerprint density at radius 3 is 2.44 bits per heavy atom. The van der Waals surface area contributed by atoms with Crippen molar-refractivity contribution in [2.75, 3.05) is 0 Å². The van der Waals surface area contributed by atoms with Crippen LogP contribution in [0, 0.1) is 0 Å². The van der Waals surface area contributed by atoms with Gasteiger partial charge in [-0.1, -0.05) is 6.58 Å². The zero-order valence-corrected chi connectivity index (χ0v) is 4.97. The van der Waals surface area contributed by atoms with E-state index in [9.17, 15) is 4.39 Å². The highest BCUT2D eigenvalue weighted by Crippen LogP contribution is 2.15. The molecule has 0 aromatic heterocycles. The van der Waals surface area contributed by atoms with Crippen molar-refractivity contribution in [3.05, 3.63) is 12.4 Å². The smallest absolute Gasteiger partial charge is 0.429 e. The molecule has 0 saturated heterocycles. The molecule has 0 fully saturated rings. The van der Waals surface area contributed by atoms with Crippen LogP contribution in [0.25, 0.3) is 0 Å². The maximum Gasteiger partial charge on any atom is 0.487 e. The zero-order valence-electron chi connectivity index (χ0n) is 4.97. The van der Waals surface area contributed by atoms with Gasteiger partial charge < -0.3 is 14.8 Å². The average molecular weight is 133 g/mol. The lowest BCUT2D eigenvalue weighted by molar-refractivity contribution is -0.109. The normalized spacial score (nSPS) is 16.4. The van der Waals surface area contributed by atoms with Gasteiger partial charge in [0.05, 0.1) is 0 Å². The lowest BCUT2D eigenvalue weighted by Crippen LogP contribution is -2.30. The predicted molar refractivity (Wildman–Crippen MR) is 29.9 cm³/mol. The standard InChI is InChI=1S/C4H7BFO3/c1-3(6)4(2,7)9-5-8/h7-8H,1H2,2H3. The third kappa shape index (κ3) is 2.60. The predicted octanol–water partition coefficient (Wildman–Crippen LogP) is -0.279. The van der Waals surface area contributed by atoms with E-state index >= 15 is 0 Å². The SMILES string of the molecule is C=C(F)C(C)(O)O[B]O. The van der Waals surface area contributed by atoms with Gasteiger partial charge in [0, 0.05) is 0 Å². The van der Waals surface area contributed by atoms with E-state index in [1.807, 2.05) is 0 Å². The highest BCUT2D eigenvalue weighted by molar-refractivity contribution is 6.16. The number of hydrogen-bond donors (Lipinski definition) is 2. The summed E-state index contributed by atoms with van der Waals surface area (Å²) in [5, 5.41) is 16.6. The van der Waals surface area contributed by atoms with E-state index in [2.05, 4.69) is 11.2 Å². The first-order chi connectivity index (χ1) is 4.00. The van der Waals surface area contributed by atoms with Crippen LogP contribution in [0.4, 0.5) is 4.39 Å². The van der Waals surface area contributed by atoms with Crippen LogP contribution in [0.1, 0.15) is 6.92 Å². The number of halogens is 1. The van der Waals surface area contributed by atoms with E-state index in [0.717, 1.165) is 6.92 Å². The largest absolute Gasteiger partial charge is 0.487 e. The van der Waals surface area contributed by atoms with Gasteiger partial charge in [0.1, 0.15) is 0 Å². The molecule has 0 aromatic rings. The molecule has 0 bridgehead atoms. The van der Waals surface area contributed by atoms with Crippen molar-refractivity contribution in [1.29, 1.82) is 0 Å². The van der Waals surface area contributed by atoms with Crippen LogP contribution >= 0.6 is 0 Å². The quantitative estimate of drug-likeness (QED) is 0.411. The molecule has 51 valence electrons. The minimum absolute atomic E-state index is 0.199. The van der Waals surface area contributed by atoms with Crippen molar-refractivity contribution in [3.8, 4) is 0 Å². The van der Waals surface area contributed by atoms with Crippen LogP contribution < -0.4 is 0 Å². The summed E-state index contributed by atoms with van der Waals surface area (Å²) in [5.41, 5.74) is 0. The first kappa shape index (κ1) is 8.61. The maximum absolute atomic E-state index is 12.0. The number of aliphatic hydroxyl groups is 1. The highest BCUT2D eigenvalue weighted by Gasteiger charge is 2.25. The molecule has 0 heterocycles. The monoisotopic (exact) mass is 133 g/mol. The zero-order chi connectivity index (χ0) is 7.49. The fourth-order valence-electron chi connectivity index (χ4n) is 0.167. The summed E-state index contributed by atoms with van der Waals surface area (Å²) in [5.74, 6) is -3.18. The molecule has 1 radical (unpaired) electrons. The van der Waals surface area contributed by atoms with E-state index in [1.54, 1.807) is 0 Å². The molecule has 1 atom stereocenters. The van der Waals surface area contributed by atoms with Gasteiger partial charge in [-0.3, -0.25) is 0 Å². The van der Waals surface area contributed by atoms with Crippen molar-refractivity contribution in [2.45, 2.75) is 12.7 Å². The molecule has 0 aromatic carbocycles. The first-order valence-corrected chi connectivity index (χ1v) is 2.21. The summed E-state index contributed by atoms with van der Waals surface area (Å²) in [6, 6.07) is 0. The number of rotatable bonds is 3. The fraction of sp³-hybridized carbons (Fsp3) is 0.500. The van der Waals surface area contributed by atoms with Crippen LogP contribution in [0.5, 0.6) is 0 Å². The summed E-state index contributed by atoms with van der Waals surface area (Å²) in [6.07, 6.45) is 0. The molecule has 0 amide bonds. The molecular formula is C4H7BFO3. The molecule has 9 heavy (non-hydrogen) atoms. The maximum atomic E-state index is 12.0. The molecule has 1 unspecified atom stereocenters. The van der Waals surface area contributed by atoms with E-state index in [-0.39, 0.29) is 7.69 Å². The molecule has 3 nitrogen and oxygen atoms in total. The van der Waals surface area contributed by atoms with E-state index in [4.69, 9.17) is 10.1 Å². The second kappa shape index (κ2) is 2.96. The van der Waals surface area contributed by atoms with Crippen molar-refractivity contribution in [1.82, 2.24) is 0 Å². The fourth-order valence-corrected chi connectivity index (χ4v) is 0.167. The molecular weight excluding hydrogens is 126 g/mol. The lowest BCUT2D eigenvalue weighted by Gasteiger charge is -2.18. The van der Waals surface area contributed by atoms with Gasteiger partial charge >= 0.3 is 7.69 Å². The Balaban J connectivity index is 3.85. The summed E-state index contributed by atoms with van der Waals surface area (Å²) < 4.78 is 16.0. The van der Waals surface area contributed by atoms with Gasteiger partial charge in [0.25, 0.3) is 0 Å². The molecule has 2 N–H and O–H groups in total. The molecule has 0 aliphatic heterocycles. The first-order valence-electron chi connectivity index (χ1n) is 2.21. The lowest BCUT2D eigenvalue weighted by atomic mass is 10.2. The summed E-state index contributed by atoms with van der Waals surface area (Å²) in [6.45, 7) is 3.79. The average Bonchev–Trinajstić information content (AvgIpc) is 1.65. The van der Waals surface area contributed by atoms with Crippen molar-refractivity contribution < 1.29 is 19.2 Å². The Morgan fingerprint density at radius 2 is 2.33 bits per heavy atom. The molecule has 0 spiro atoms. The Kier molecular flexibility index (Phi) is 2.83. The van der Waals surface area contributed by atoms with Crippen LogP contribution in [0.3, 0.4) is 0 Å². The van der Waals surface area contributed by atoms with Crippen molar-refractivity contribution >= 4 is 7.69 Å². The minimum Gasteiger partial charge on any atom is -0.429 e. The summed E-state index contributed by atoms with van der Waals surface area (Å²) in [7, 11) is 0.199. The Hall–Kier alpha value is -0.385. The Labute approximate surface area is 53.1 Å². The Morgan fingerprint density at radius 1 is 1.89 bits per heavy atom. The third-order valence-electron chi connectivity index (χ3n) is 0.786. The molecule has 0 saturated carbocycles. The second-order valence-corrected chi connectivity index (χ2v) is 1.61. The minimum atomic E-state index is -2.12. The molecule has 0 aliphatic rings. The van der Waals surface area contributed by atoms with Gasteiger partial charge in [-0.05, 0) is 6.92 Å². The number of hydrogen-bond acceptors (Lipinski definition) is 3. The van der Waals surface area contributed by atoms with Gasteiger partial charge in [-0.25, -0.2) is 4.39 Å². The van der Waals surface area contributed by atoms with Crippen LogP contribution in [0.15, 0.2) is 12.4 Å². The van der Waals surface area contributed by atoms with Crippen molar-refractivity contribution in [2.24, 2.45) is 0 Å². The molecule has 0 aliphatic carbocycles. The Bertz CT molecular complexity index is 114. The van der Waals surface area contributed by atoms with Gasteiger partial charge in [-0.15, -0.1) is 0 Å². The summed E-state index contributed by atoms with van der Waals surface area (Å²) >= 11 is 0.